The smallest absolute Gasteiger partial charge is 0.215 e. The van der Waals surface area contributed by atoms with Crippen molar-refractivity contribution >= 4 is 16.0 Å². The van der Waals surface area contributed by atoms with Gasteiger partial charge >= 0.3 is 0 Å². The maximum Gasteiger partial charge on any atom is 0.215 e. The van der Waals surface area contributed by atoms with Crippen LogP contribution >= 0.6 is 0 Å². The molecule has 158 valence electrons. The summed E-state index contributed by atoms with van der Waals surface area (Å²) in [6.07, 6.45) is 2.51. The summed E-state index contributed by atoms with van der Waals surface area (Å²) in [7, 11) is -1.57. The van der Waals surface area contributed by atoms with Gasteiger partial charge in [-0.2, -0.15) is 0 Å². The fourth-order valence-electron chi connectivity index (χ4n) is 2.88. The molecule has 0 atom stereocenters. The Bertz CT molecular complexity index is 757. The van der Waals surface area contributed by atoms with E-state index in [1.165, 1.54) is 22.7 Å². The van der Waals surface area contributed by atoms with Gasteiger partial charge in [-0.3, -0.25) is 4.99 Å². The molecule has 0 spiro atoms. The summed E-state index contributed by atoms with van der Waals surface area (Å²) in [6.45, 7) is 8.36. The molecular formula is C20H34N4O3S. The summed E-state index contributed by atoms with van der Waals surface area (Å²) in [5.74, 6) is 2.21. The zero-order valence-electron chi connectivity index (χ0n) is 17.5. The Hall–Kier alpha value is -1.80. The van der Waals surface area contributed by atoms with E-state index in [1.54, 1.807) is 7.05 Å². The number of nitrogens with zero attached hydrogens (tertiary/aromatic N) is 2. The standard InChI is InChI=1S/C20H34N4O3S/c1-5-24(6-2)28(25,26)12-11-22-20(21-4)23-14-18-10-7-16(3)13-19(18)27-15-17-8-9-17/h7,10,13,17H,5-6,8-9,11-12,14-15H2,1-4H3,(H2,21,22,23). The lowest BCUT2D eigenvalue weighted by molar-refractivity contribution is 0.296. The SMILES string of the molecule is CCN(CC)S(=O)(=O)CCNC(=NC)NCc1ccc(C)cc1OCC1CC1. The van der Waals surface area contributed by atoms with E-state index in [2.05, 4.69) is 40.7 Å². The zero-order chi connectivity index (χ0) is 20.6. The fourth-order valence-corrected chi connectivity index (χ4v) is 4.28. The summed E-state index contributed by atoms with van der Waals surface area (Å²) in [4.78, 5) is 4.18. The van der Waals surface area contributed by atoms with Crippen molar-refractivity contribution in [1.29, 1.82) is 0 Å². The van der Waals surface area contributed by atoms with Crippen molar-refractivity contribution in [3.8, 4) is 5.75 Å². The van der Waals surface area contributed by atoms with E-state index in [-0.39, 0.29) is 5.75 Å². The molecule has 1 aliphatic carbocycles. The molecule has 8 heteroatoms. The summed E-state index contributed by atoms with van der Waals surface area (Å²) in [5.41, 5.74) is 2.23. The second kappa shape index (κ2) is 10.7. The molecule has 0 aliphatic heterocycles. The minimum Gasteiger partial charge on any atom is -0.493 e. The molecule has 0 amide bonds. The number of guanidine groups is 1. The van der Waals surface area contributed by atoms with Crippen LogP contribution < -0.4 is 15.4 Å². The third-order valence-electron chi connectivity index (χ3n) is 4.82. The van der Waals surface area contributed by atoms with Gasteiger partial charge in [-0.05, 0) is 37.3 Å². The summed E-state index contributed by atoms with van der Waals surface area (Å²) >= 11 is 0. The molecule has 0 bridgehead atoms. The van der Waals surface area contributed by atoms with Crippen molar-refractivity contribution in [3.63, 3.8) is 0 Å². The minimum atomic E-state index is -3.25. The van der Waals surface area contributed by atoms with E-state index in [4.69, 9.17) is 4.74 Å². The highest BCUT2D eigenvalue weighted by atomic mass is 32.2. The highest BCUT2D eigenvalue weighted by Gasteiger charge is 2.22. The highest BCUT2D eigenvalue weighted by molar-refractivity contribution is 7.89. The molecule has 1 aromatic carbocycles. The molecule has 7 nitrogen and oxygen atoms in total. The molecule has 0 aromatic heterocycles. The fraction of sp³-hybridized carbons (Fsp3) is 0.650. The largest absolute Gasteiger partial charge is 0.493 e. The number of nitrogens with one attached hydrogen (secondary N) is 2. The number of aliphatic imine (C=N–C) groups is 1. The Balaban J connectivity index is 1.86. The number of benzene rings is 1. The first-order valence-corrected chi connectivity index (χ1v) is 11.6. The van der Waals surface area contributed by atoms with Crippen molar-refractivity contribution in [2.24, 2.45) is 10.9 Å². The van der Waals surface area contributed by atoms with Crippen molar-refractivity contribution in [2.45, 2.75) is 40.2 Å². The lowest BCUT2D eigenvalue weighted by Crippen LogP contribution is -2.41. The van der Waals surface area contributed by atoms with Gasteiger partial charge in [-0.1, -0.05) is 26.0 Å². The van der Waals surface area contributed by atoms with E-state index in [1.807, 2.05) is 13.8 Å². The number of hydrogen-bond acceptors (Lipinski definition) is 4. The van der Waals surface area contributed by atoms with E-state index >= 15 is 0 Å². The first kappa shape index (κ1) is 22.5. The number of hydrogen-bond donors (Lipinski definition) is 2. The van der Waals surface area contributed by atoms with E-state index in [9.17, 15) is 8.42 Å². The quantitative estimate of drug-likeness (QED) is 0.431. The monoisotopic (exact) mass is 410 g/mol. The molecule has 2 rings (SSSR count). The Morgan fingerprint density at radius 3 is 2.57 bits per heavy atom. The topological polar surface area (TPSA) is 83.0 Å². The third-order valence-corrected chi connectivity index (χ3v) is 6.84. The number of sulfonamides is 1. The van der Waals surface area contributed by atoms with Gasteiger partial charge in [0.25, 0.3) is 0 Å². The second-order valence-electron chi connectivity index (χ2n) is 7.12. The van der Waals surface area contributed by atoms with Crippen LogP contribution in [0.1, 0.15) is 37.8 Å². The maximum absolute atomic E-state index is 12.3. The molecule has 2 N–H and O–H groups in total. The van der Waals surface area contributed by atoms with Crippen LogP contribution in [0.4, 0.5) is 0 Å². The van der Waals surface area contributed by atoms with Gasteiger partial charge in [0, 0.05) is 38.8 Å². The van der Waals surface area contributed by atoms with Crippen LogP contribution in [0.2, 0.25) is 0 Å². The summed E-state index contributed by atoms with van der Waals surface area (Å²) < 4.78 is 32.0. The first-order valence-electron chi connectivity index (χ1n) is 10.0. The predicted octanol–water partition coefficient (Wildman–Crippen LogP) is 2.12. The van der Waals surface area contributed by atoms with E-state index in [0.717, 1.165) is 17.9 Å². The molecule has 28 heavy (non-hydrogen) atoms. The minimum absolute atomic E-state index is 0.0374. The first-order chi connectivity index (χ1) is 13.4. The van der Waals surface area contributed by atoms with Crippen molar-refractivity contribution in [1.82, 2.24) is 14.9 Å². The van der Waals surface area contributed by atoms with Gasteiger partial charge in [0.2, 0.25) is 10.0 Å². The average Bonchev–Trinajstić information content (AvgIpc) is 3.49. The maximum atomic E-state index is 12.3. The summed E-state index contributed by atoms with van der Waals surface area (Å²) in [5, 5.41) is 6.32. The zero-order valence-corrected chi connectivity index (χ0v) is 18.3. The van der Waals surface area contributed by atoms with Gasteiger partial charge in [0.1, 0.15) is 5.75 Å². The van der Waals surface area contributed by atoms with Gasteiger partial charge in [0.15, 0.2) is 5.96 Å². The Morgan fingerprint density at radius 1 is 1.25 bits per heavy atom. The van der Waals surface area contributed by atoms with Crippen molar-refractivity contribution < 1.29 is 13.2 Å². The Morgan fingerprint density at radius 2 is 1.96 bits per heavy atom. The summed E-state index contributed by atoms with van der Waals surface area (Å²) in [6, 6.07) is 6.18. The van der Waals surface area contributed by atoms with Crippen LogP contribution in [-0.2, 0) is 16.6 Å². The van der Waals surface area contributed by atoms with Crippen LogP contribution in [0.5, 0.6) is 5.75 Å². The molecule has 1 aliphatic rings. The van der Waals surface area contributed by atoms with Gasteiger partial charge in [-0.15, -0.1) is 0 Å². The second-order valence-corrected chi connectivity index (χ2v) is 9.21. The molecule has 0 heterocycles. The van der Waals surface area contributed by atoms with E-state index < -0.39 is 10.0 Å². The van der Waals surface area contributed by atoms with Crippen LogP contribution in [0.15, 0.2) is 23.2 Å². The molecule has 1 aromatic rings. The molecule has 0 radical (unpaired) electrons. The molecular weight excluding hydrogens is 376 g/mol. The van der Waals surface area contributed by atoms with E-state index in [0.29, 0.717) is 38.1 Å². The number of rotatable bonds is 11. The average molecular weight is 411 g/mol. The van der Waals surface area contributed by atoms with Gasteiger partial charge < -0.3 is 15.4 Å². The lowest BCUT2D eigenvalue weighted by Gasteiger charge is -2.19. The van der Waals surface area contributed by atoms with Crippen LogP contribution in [0.3, 0.4) is 0 Å². The predicted molar refractivity (Wildman–Crippen MR) is 114 cm³/mol. The van der Waals surface area contributed by atoms with Crippen molar-refractivity contribution in [2.75, 3.05) is 39.0 Å². The normalized spacial score (nSPS) is 15.0. The van der Waals surface area contributed by atoms with Crippen LogP contribution in [-0.4, -0.2) is 57.7 Å². The molecule has 0 unspecified atom stereocenters. The molecule has 1 fully saturated rings. The number of ether oxygens (including phenoxy) is 1. The highest BCUT2D eigenvalue weighted by Crippen LogP contribution is 2.30. The third kappa shape index (κ3) is 6.98. The molecule has 0 saturated heterocycles. The Labute approximate surface area is 169 Å². The molecule has 1 saturated carbocycles. The van der Waals surface area contributed by atoms with Crippen LogP contribution in [0, 0.1) is 12.8 Å². The number of aryl methyl sites for hydroxylation is 1. The lowest BCUT2D eigenvalue weighted by atomic mass is 10.1. The van der Waals surface area contributed by atoms with Crippen molar-refractivity contribution in [3.05, 3.63) is 29.3 Å². The Kier molecular flexibility index (Phi) is 8.57. The van der Waals surface area contributed by atoms with Gasteiger partial charge in [-0.25, -0.2) is 12.7 Å². The van der Waals surface area contributed by atoms with Crippen LogP contribution in [0.25, 0.3) is 0 Å². The van der Waals surface area contributed by atoms with Gasteiger partial charge in [0.05, 0.1) is 12.4 Å².